The van der Waals surface area contributed by atoms with Gasteiger partial charge in [-0.1, -0.05) is 38.8 Å². The van der Waals surface area contributed by atoms with E-state index >= 15 is 0 Å². The van der Waals surface area contributed by atoms with Crippen molar-refractivity contribution in [3.63, 3.8) is 0 Å². The number of hydrogen-bond donors (Lipinski definition) is 0. The Balaban J connectivity index is 1.91. The van der Waals surface area contributed by atoms with Crippen molar-refractivity contribution < 1.29 is 0 Å². The van der Waals surface area contributed by atoms with Gasteiger partial charge >= 0.3 is 0 Å². The van der Waals surface area contributed by atoms with Crippen LogP contribution in [0.25, 0.3) is 0 Å². The van der Waals surface area contributed by atoms with E-state index in [-0.39, 0.29) is 0 Å². The normalized spacial score (nSPS) is 26.2. The molecule has 1 saturated carbocycles. The molecule has 2 unspecified atom stereocenters. The van der Waals surface area contributed by atoms with Gasteiger partial charge in [0.2, 0.25) is 0 Å². The highest BCUT2D eigenvalue weighted by molar-refractivity contribution is 5.29. The van der Waals surface area contributed by atoms with Crippen molar-refractivity contribution in [2.24, 2.45) is 11.8 Å². The van der Waals surface area contributed by atoms with Gasteiger partial charge in [0, 0.05) is 18.8 Å². The number of allylic oxidation sites excluding steroid dienone is 3. The Bertz CT molecular complexity index is 269. The maximum atomic E-state index is 2.60. The number of nitrogens with zero attached hydrogens (tertiary/aromatic N) is 1. The first-order chi connectivity index (χ1) is 7.85. The van der Waals surface area contributed by atoms with Gasteiger partial charge in [0.15, 0.2) is 0 Å². The van der Waals surface area contributed by atoms with Gasteiger partial charge in [-0.25, -0.2) is 0 Å². The highest BCUT2D eigenvalue weighted by Crippen LogP contribution is 2.44. The third-order valence-electron chi connectivity index (χ3n) is 3.72. The lowest BCUT2D eigenvalue weighted by atomic mass is 10.1. The Morgan fingerprint density at radius 3 is 2.38 bits per heavy atom. The number of unbranched alkanes of at least 4 members (excludes halogenated alkanes) is 2. The molecule has 90 valence electrons. The van der Waals surface area contributed by atoms with Crippen LogP contribution in [0.2, 0.25) is 0 Å². The Kier molecular flexibility index (Phi) is 4.09. The van der Waals surface area contributed by atoms with Crippen molar-refractivity contribution in [3.8, 4) is 0 Å². The molecule has 0 spiro atoms. The van der Waals surface area contributed by atoms with Crippen molar-refractivity contribution >= 4 is 0 Å². The summed E-state index contributed by atoms with van der Waals surface area (Å²) in [5.41, 5.74) is 1.50. The lowest BCUT2D eigenvalue weighted by Crippen LogP contribution is -2.25. The molecule has 0 aromatic carbocycles. The quantitative estimate of drug-likeness (QED) is 0.626. The average Bonchev–Trinajstić information content (AvgIpc) is 3.07. The fraction of sp³-hybridized carbons (Fsp3) is 0.733. The van der Waals surface area contributed by atoms with Gasteiger partial charge < -0.3 is 4.90 Å². The van der Waals surface area contributed by atoms with Crippen molar-refractivity contribution in [1.82, 2.24) is 4.90 Å². The van der Waals surface area contributed by atoms with Crippen LogP contribution in [0.5, 0.6) is 0 Å². The molecular formula is C15H25N. The van der Waals surface area contributed by atoms with Crippen molar-refractivity contribution in [2.45, 2.75) is 46.0 Å². The monoisotopic (exact) mass is 219 g/mol. The molecule has 0 radical (unpaired) electrons. The summed E-state index contributed by atoms with van der Waals surface area (Å²) in [5, 5.41) is 0. The minimum absolute atomic E-state index is 0.880. The topological polar surface area (TPSA) is 3.24 Å². The van der Waals surface area contributed by atoms with E-state index < -0.39 is 0 Å². The summed E-state index contributed by atoms with van der Waals surface area (Å²) in [6.45, 7) is 7.04. The summed E-state index contributed by atoms with van der Waals surface area (Å²) < 4.78 is 0. The molecule has 1 heteroatoms. The highest BCUT2D eigenvalue weighted by Gasteiger charge is 2.35. The van der Waals surface area contributed by atoms with E-state index in [2.05, 4.69) is 37.0 Å². The molecule has 1 fully saturated rings. The third-order valence-corrected chi connectivity index (χ3v) is 3.72. The predicted octanol–water partition coefficient (Wildman–Crippen LogP) is 3.98. The molecule has 0 bridgehead atoms. The standard InChI is InChI=1S/C15H25N/c1-3-5-9-16(10-6-4-2)15-8-7-13-11-14(13)12-15/h7-8,12-14H,3-6,9-11H2,1-2H3. The first kappa shape index (κ1) is 11.8. The minimum atomic E-state index is 0.880. The second-order valence-electron chi connectivity index (χ2n) is 5.21. The Hall–Kier alpha value is -0.720. The smallest absolute Gasteiger partial charge is 0.0325 e. The van der Waals surface area contributed by atoms with Gasteiger partial charge in [0.25, 0.3) is 0 Å². The molecule has 0 aromatic heterocycles. The second kappa shape index (κ2) is 5.56. The van der Waals surface area contributed by atoms with Crippen LogP contribution in [0.4, 0.5) is 0 Å². The lowest BCUT2D eigenvalue weighted by Gasteiger charge is -2.27. The molecule has 0 N–H and O–H groups in total. The lowest BCUT2D eigenvalue weighted by molar-refractivity contribution is 0.338. The van der Waals surface area contributed by atoms with Crippen molar-refractivity contribution in [1.29, 1.82) is 0 Å². The first-order valence-electron chi connectivity index (χ1n) is 7.00. The first-order valence-corrected chi connectivity index (χ1v) is 7.00. The maximum absolute atomic E-state index is 2.60. The Morgan fingerprint density at radius 2 is 1.81 bits per heavy atom. The largest absolute Gasteiger partial charge is 0.372 e. The molecular weight excluding hydrogens is 194 g/mol. The summed E-state index contributed by atoms with van der Waals surface area (Å²) in [5.74, 6) is 1.77. The van der Waals surface area contributed by atoms with Crippen molar-refractivity contribution in [2.75, 3.05) is 13.1 Å². The van der Waals surface area contributed by atoms with E-state index in [4.69, 9.17) is 0 Å². The van der Waals surface area contributed by atoms with Crippen LogP contribution in [0.15, 0.2) is 23.9 Å². The zero-order valence-electron chi connectivity index (χ0n) is 10.8. The van der Waals surface area contributed by atoms with Crippen molar-refractivity contribution in [3.05, 3.63) is 23.9 Å². The van der Waals surface area contributed by atoms with Crippen LogP contribution < -0.4 is 0 Å². The van der Waals surface area contributed by atoms with Gasteiger partial charge in [0.05, 0.1) is 0 Å². The molecule has 0 amide bonds. The Morgan fingerprint density at radius 1 is 1.12 bits per heavy atom. The second-order valence-corrected chi connectivity index (χ2v) is 5.21. The number of rotatable bonds is 7. The summed E-state index contributed by atoms with van der Waals surface area (Å²) in [6, 6.07) is 0. The summed E-state index contributed by atoms with van der Waals surface area (Å²) >= 11 is 0. The van der Waals surface area contributed by atoms with Gasteiger partial charge in [-0.2, -0.15) is 0 Å². The summed E-state index contributed by atoms with van der Waals surface area (Å²) in [4.78, 5) is 2.60. The SMILES string of the molecule is CCCCN(CCCC)C1=CC2CC2C=C1. The number of fused-ring (bicyclic) bond motifs is 1. The van der Waals surface area contributed by atoms with E-state index in [1.165, 1.54) is 50.9 Å². The van der Waals surface area contributed by atoms with Gasteiger partial charge in [-0.3, -0.25) is 0 Å². The van der Waals surface area contributed by atoms with E-state index in [0.29, 0.717) is 0 Å². The fourth-order valence-electron chi connectivity index (χ4n) is 2.42. The van der Waals surface area contributed by atoms with Crippen LogP contribution >= 0.6 is 0 Å². The summed E-state index contributed by atoms with van der Waals surface area (Å²) in [6.07, 6.45) is 13.9. The molecule has 0 aromatic rings. The van der Waals surface area contributed by atoms with E-state index in [9.17, 15) is 0 Å². The van der Waals surface area contributed by atoms with E-state index in [1.54, 1.807) is 0 Å². The molecule has 0 saturated heterocycles. The molecule has 2 atom stereocenters. The molecule has 0 heterocycles. The van der Waals surface area contributed by atoms with E-state index in [1.807, 2.05) is 0 Å². The molecule has 2 aliphatic carbocycles. The Labute approximate surface area is 100 Å². The van der Waals surface area contributed by atoms with E-state index in [0.717, 1.165) is 11.8 Å². The highest BCUT2D eigenvalue weighted by atomic mass is 15.1. The van der Waals surface area contributed by atoms with Crippen LogP contribution in [0.1, 0.15) is 46.0 Å². The minimum Gasteiger partial charge on any atom is -0.372 e. The van der Waals surface area contributed by atoms with Gasteiger partial charge in [-0.05, 0) is 37.2 Å². The third kappa shape index (κ3) is 2.90. The number of hydrogen-bond acceptors (Lipinski definition) is 1. The van der Waals surface area contributed by atoms with Gasteiger partial charge in [-0.15, -0.1) is 0 Å². The van der Waals surface area contributed by atoms with Crippen LogP contribution in [0.3, 0.4) is 0 Å². The van der Waals surface area contributed by atoms with Crippen LogP contribution in [0, 0.1) is 11.8 Å². The van der Waals surface area contributed by atoms with Gasteiger partial charge in [0.1, 0.15) is 0 Å². The molecule has 1 nitrogen and oxygen atoms in total. The van der Waals surface area contributed by atoms with Crippen LogP contribution in [-0.2, 0) is 0 Å². The average molecular weight is 219 g/mol. The predicted molar refractivity (Wildman–Crippen MR) is 70.2 cm³/mol. The molecule has 16 heavy (non-hydrogen) atoms. The zero-order valence-corrected chi connectivity index (χ0v) is 10.8. The molecule has 2 aliphatic rings. The van der Waals surface area contributed by atoms with Crippen LogP contribution in [-0.4, -0.2) is 18.0 Å². The molecule has 0 aliphatic heterocycles. The fourth-order valence-corrected chi connectivity index (χ4v) is 2.42. The summed E-state index contributed by atoms with van der Waals surface area (Å²) in [7, 11) is 0. The zero-order chi connectivity index (χ0) is 11.4. The molecule has 2 rings (SSSR count). The maximum Gasteiger partial charge on any atom is 0.0325 e.